The molecular weight excluding hydrogens is 346 g/mol. The Morgan fingerprint density at radius 1 is 1.00 bits per heavy atom. The summed E-state index contributed by atoms with van der Waals surface area (Å²) < 4.78 is 0. The minimum Gasteiger partial charge on any atom is -0.298 e. The van der Waals surface area contributed by atoms with E-state index in [9.17, 15) is 0 Å². The van der Waals surface area contributed by atoms with Gasteiger partial charge >= 0.3 is 0 Å². The summed E-state index contributed by atoms with van der Waals surface area (Å²) >= 11 is 0. The Labute approximate surface area is 170 Å². The number of nitrogens with one attached hydrogen (secondary N) is 2. The largest absolute Gasteiger partial charge is 0.298 e. The molecule has 5 heteroatoms. The van der Waals surface area contributed by atoms with Crippen LogP contribution in [0.25, 0.3) is 0 Å². The van der Waals surface area contributed by atoms with Crippen LogP contribution in [0.15, 0.2) is 24.4 Å². The number of pyridine rings is 1. The van der Waals surface area contributed by atoms with Crippen LogP contribution in [-0.4, -0.2) is 59.6 Å². The van der Waals surface area contributed by atoms with E-state index in [1.807, 2.05) is 12.3 Å². The van der Waals surface area contributed by atoms with Crippen molar-refractivity contribution in [2.75, 3.05) is 32.7 Å². The van der Waals surface area contributed by atoms with E-state index >= 15 is 0 Å². The second-order valence-electron chi connectivity index (χ2n) is 9.78. The number of fused-ring (bicyclic) bond motifs is 4. The van der Waals surface area contributed by atoms with Crippen LogP contribution in [0, 0.1) is 17.8 Å². The highest BCUT2D eigenvalue weighted by Gasteiger charge is 2.39. The summed E-state index contributed by atoms with van der Waals surface area (Å²) in [6.07, 6.45) is 11.9. The third-order valence-electron chi connectivity index (χ3n) is 7.78. The van der Waals surface area contributed by atoms with Crippen molar-refractivity contribution >= 4 is 0 Å². The van der Waals surface area contributed by atoms with Crippen LogP contribution >= 0.6 is 0 Å². The number of nitrogens with zero attached hydrogens (tertiary/aromatic N) is 3. The predicted molar refractivity (Wildman–Crippen MR) is 113 cm³/mol. The summed E-state index contributed by atoms with van der Waals surface area (Å²) in [5.74, 6) is 2.49. The predicted octanol–water partition coefficient (Wildman–Crippen LogP) is 2.65. The minimum absolute atomic E-state index is 0.687. The van der Waals surface area contributed by atoms with Crippen molar-refractivity contribution in [2.24, 2.45) is 17.8 Å². The summed E-state index contributed by atoms with van der Waals surface area (Å²) in [4.78, 5) is 10.1. The molecule has 0 spiro atoms. The van der Waals surface area contributed by atoms with Crippen LogP contribution in [0.5, 0.6) is 0 Å². The molecule has 0 radical (unpaired) electrons. The molecule has 5 nitrogen and oxygen atoms in total. The summed E-state index contributed by atoms with van der Waals surface area (Å²) in [6.45, 7) is 7.20. The fraction of sp³-hybridized carbons (Fsp3) is 0.783. The van der Waals surface area contributed by atoms with Gasteiger partial charge in [-0.3, -0.25) is 25.6 Å². The van der Waals surface area contributed by atoms with Crippen LogP contribution in [0.1, 0.15) is 50.6 Å². The summed E-state index contributed by atoms with van der Waals surface area (Å²) in [5, 5.41) is 0. The Bertz CT molecular complexity index is 617. The van der Waals surface area contributed by atoms with Gasteiger partial charge in [-0.2, -0.15) is 0 Å². The maximum Gasteiger partial charge on any atom is 0.0543 e. The Balaban J connectivity index is 1.21. The van der Waals surface area contributed by atoms with Crippen LogP contribution in [0.3, 0.4) is 0 Å². The molecule has 5 aliphatic rings. The monoisotopic (exact) mass is 383 g/mol. The number of hydrazine groups is 1. The van der Waals surface area contributed by atoms with Crippen molar-refractivity contribution in [3.05, 3.63) is 30.1 Å². The zero-order valence-corrected chi connectivity index (χ0v) is 17.2. The number of aromatic nitrogens is 1. The van der Waals surface area contributed by atoms with Crippen LogP contribution in [0.2, 0.25) is 0 Å². The fourth-order valence-corrected chi connectivity index (χ4v) is 6.38. The summed E-state index contributed by atoms with van der Waals surface area (Å²) in [5.41, 5.74) is 8.41. The molecule has 1 aromatic rings. The third kappa shape index (κ3) is 4.28. The van der Waals surface area contributed by atoms with Crippen LogP contribution in [0.4, 0.5) is 0 Å². The Morgan fingerprint density at radius 2 is 1.93 bits per heavy atom. The standard InChI is InChI=1S/C23H37N5/c1-2-6-19(7-3-1)23-20(12-25-26-23)15-28-14-18-9-10-22(28)17-27(13-18)16-21-8-4-5-11-24-21/h4-5,8,11,18-20,22-23,25-26H,1-3,6-7,9-10,12-17H2/t18-,20?,22+,23?/m1/s1. The molecule has 5 fully saturated rings. The molecule has 6 rings (SSSR count). The van der Waals surface area contributed by atoms with Crippen molar-refractivity contribution < 1.29 is 0 Å². The molecule has 1 aliphatic carbocycles. The molecule has 5 heterocycles. The number of piperidine rings is 1. The van der Waals surface area contributed by atoms with Gasteiger partial charge in [0.15, 0.2) is 0 Å². The summed E-state index contributed by atoms with van der Waals surface area (Å²) in [6, 6.07) is 7.73. The molecule has 154 valence electrons. The quantitative estimate of drug-likeness (QED) is 0.818. The van der Waals surface area contributed by atoms with E-state index in [0.29, 0.717) is 6.04 Å². The lowest BCUT2D eigenvalue weighted by Crippen LogP contribution is -2.49. The van der Waals surface area contributed by atoms with Crippen molar-refractivity contribution in [1.82, 2.24) is 25.6 Å². The van der Waals surface area contributed by atoms with Crippen molar-refractivity contribution in [3.8, 4) is 0 Å². The van der Waals surface area contributed by atoms with Gasteiger partial charge in [-0.05, 0) is 49.7 Å². The van der Waals surface area contributed by atoms with Crippen LogP contribution in [-0.2, 0) is 6.54 Å². The van der Waals surface area contributed by atoms with Gasteiger partial charge < -0.3 is 0 Å². The Kier molecular flexibility index (Phi) is 5.95. The number of rotatable bonds is 5. The summed E-state index contributed by atoms with van der Waals surface area (Å²) in [7, 11) is 0. The van der Waals surface area contributed by atoms with E-state index in [4.69, 9.17) is 0 Å². The van der Waals surface area contributed by atoms with E-state index in [-0.39, 0.29) is 0 Å². The highest BCUT2D eigenvalue weighted by Crippen LogP contribution is 2.34. The molecule has 2 bridgehead atoms. The zero-order valence-electron chi connectivity index (χ0n) is 17.2. The third-order valence-corrected chi connectivity index (χ3v) is 7.78. The molecule has 1 saturated carbocycles. The first-order valence-corrected chi connectivity index (χ1v) is 11.7. The van der Waals surface area contributed by atoms with Gasteiger partial charge in [-0.25, -0.2) is 0 Å². The Morgan fingerprint density at radius 3 is 2.79 bits per heavy atom. The molecule has 0 amide bonds. The van der Waals surface area contributed by atoms with E-state index in [0.717, 1.165) is 36.9 Å². The molecule has 4 aliphatic heterocycles. The first-order chi connectivity index (χ1) is 13.8. The van der Waals surface area contributed by atoms with Gasteiger partial charge in [-0.1, -0.05) is 25.3 Å². The maximum absolute atomic E-state index is 4.57. The molecule has 28 heavy (non-hydrogen) atoms. The highest BCUT2D eigenvalue weighted by molar-refractivity contribution is 5.04. The highest BCUT2D eigenvalue weighted by atomic mass is 15.4. The average molecular weight is 384 g/mol. The molecule has 1 aromatic heterocycles. The van der Waals surface area contributed by atoms with E-state index in [1.165, 1.54) is 76.8 Å². The second-order valence-corrected chi connectivity index (χ2v) is 9.78. The van der Waals surface area contributed by atoms with Crippen molar-refractivity contribution in [2.45, 2.75) is 63.6 Å². The first-order valence-electron chi connectivity index (χ1n) is 11.7. The molecule has 4 atom stereocenters. The second kappa shape index (κ2) is 8.78. The maximum atomic E-state index is 4.57. The van der Waals surface area contributed by atoms with Gasteiger partial charge in [0.05, 0.1) is 5.69 Å². The van der Waals surface area contributed by atoms with Gasteiger partial charge in [0.1, 0.15) is 0 Å². The van der Waals surface area contributed by atoms with E-state index in [1.54, 1.807) is 0 Å². The lowest BCUT2D eigenvalue weighted by molar-refractivity contribution is 0.0996. The molecule has 2 N–H and O–H groups in total. The number of hydrogen-bond acceptors (Lipinski definition) is 5. The Hall–Kier alpha value is -1.01. The molecule has 0 aromatic carbocycles. The SMILES string of the molecule is c1ccc(CN2C[C@H]3CC[C@@H](C2)N(CC2CNNC2C2CCCCC2)C3)nc1. The minimum atomic E-state index is 0.687. The smallest absolute Gasteiger partial charge is 0.0543 e. The van der Waals surface area contributed by atoms with Crippen molar-refractivity contribution in [1.29, 1.82) is 0 Å². The first kappa shape index (κ1) is 19.0. The molecule has 2 unspecified atom stereocenters. The molecule has 4 saturated heterocycles. The van der Waals surface area contributed by atoms with Gasteiger partial charge in [0, 0.05) is 63.5 Å². The lowest BCUT2D eigenvalue weighted by Gasteiger charge is -2.40. The normalized spacial score (nSPS) is 35.3. The average Bonchev–Trinajstić information content (AvgIpc) is 3.02. The topological polar surface area (TPSA) is 43.4 Å². The van der Waals surface area contributed by atoms with Gasteiger partial charge in [0.25, 0.3) is 0 Å². The van der Waals surface area contributed by atoms with E-state index < -0.39 is 0 Å². The fourth-order valence-electron chi connectivity index (χ4n) is 6.38. The zero-order chi connectivity index (χ0) is 18.8. The van der Waals surface area contributed by atoms with Crippen LogP contribution < -0.4 is 10.9 Å². The van der Waals surface area contributed by atoms with Crippen molar-refractivity contribution in [3.63, 3.8) is 0 Å². The molecular formula is C23H37N5. The van der Waals surface area contributed by atoms with E-state index in [2.05, 4.69) is 37.8 Å². The number of hydrogen-bond donors (Lipinski definition) is 2. The van der Waals surface area contributed by atoms with Gasteiger partial charge in [-0.15, -0.1) is 0 Å². The lowest BCUT2D eigenvalue weighted by atomic mass is 9.79. The van der Waals surface area contributed by atoms with Gasteiger partial charge in [0.2, 0.25) is 0 Å².